The van der Waals surface area contributed by atoms with E-state index in [2.05, 4.69) is 4.99 Å². The standard InChI is InChI=1S/C16H20F2N3O3P/c1-21-14(22)10-4-5-23-8-16(10,20-15(21)19)11-6-9(2-3-12(11)17)24-7-13(18)25/h2-3,6,10,13H,4-5,7-8,25H2,1H3,(H2,19,20). The van der Waals surface area contributed by atoms with Crippen molar-refractivity contribution in [3.05, 3.63) is 29.6 Å². The first kappa shape index (κ1) is 18.0. The number of amides is 1. The van der Waals surface area contributed by atoms with Crippen molar-refractivity contribution in [3.8, 4) is 5.75 Å². The first-order chi connectivity index (χ1) is 11.8. The van der Waals surface area contributed by atoms with Gasteiger partial charge in [-0.25, -0.2) is 13.8 Å². The Morgan fingerprint density at radius 1 is 1.60 bits per heavy atom. The summed E-state index contributed by atoms with van der Waals surface area (Å²) in [5.41, 5.74) is 4.80. The third kappa shape index (κ3) is 3.20. The average Bonchev–Trinajstić information content (AvgIpc) is 2.59. The molecule has 1 saturated heterocycles. The van der Waals surface area contributed by atoms with Crippen molar-refractivity contribution in [2.75, 3.05) is 26.9 Å². The molecule has 25 heavy (non-hydrogen) atoms. The fraction of sp³-hybridized carbons (Fsp3) is 0.500. The second kappa shape index (κ2) is 6.84. The number of benzene rings is 1. The maximum Gasteiger partial charge on any atom is 0.235 e. The number of alkyl halides is 1. The molecule has 0 radical (unpaired) electrons. The zero-order chi connectivity index (χ0) is 18.2. The van der Waals surface area contributed by atoms with Crippen molar-refractivity contribution in [2.45, 2.75) is 17.9 Å². The lowest BCUT2D eigenvalue weighted by Gasteiger charge is -2.45. The van der Waals surface area contributed by atoms with Gasteiger partial charge < -0.3 is 15.2 Å². The van der Waals surface area contributed by atoms with E-state index in [0.717, 1.165) is 0 Å². The number of hydrogen-bond acceptors (Lipinski definition) is 5. The molecule has 9 heteroatoms. The highest BCUT2D eigenvalue weighted by atomic mass is 31.0. The number of fused-ring (bicyclic) bond motifs is 1. The molecule has 1 aromatic rings. The zero-order valence-corrected chi connectivity index (χ0v) is 14.9. The fourth-order valence-electron chi connectivity index (χ4n) is 3.26. The summed E-state index contributed by atoms with van der Waals surface area (Å²) in [6, 6.07) is 4.07. The highest BCUT2D eigenvalue weighted by Gasteiger charge is 2.52. The SMILES string of the molecule is CN1C(=O)C2CCOCC2(c2cc(OCC(F)P)ccc2F)N=C1N. The Labute approximate surface area is 146 Å². The molecule has 136 valence electrons. The van der Waals surface area contributed by atoms with E-state index in [4.69, 9.17) is 15.2 Å². The summed E-state index contributed by atoms with van der Waals surface area (Å²) in [5.74, 6) is -2.30. The molecule has 6 nitrogen and oxygen atoms in total. The van der Waals surface area contributed by atoms with Gasteiger partial charge in [-0.3, -0.25) is 9.69 Å². The molecule has 2 aliphatic heterocycles. The molecule has 1 amide bonds. The van der Waals surface area contributed by atoms with Gasteiger partial charge in [0.05, 0.1) is 12.5 Å². The van der Waals surface area contributed by atoms with Crippen molar-refractivity contribution < 1.29 is 23.0 Å². The van der Waals surface area contributed by atoms with Crippen LogP contribution in [0.5, 0.6) is 5.75 Å². The highest BCUT2D eigenvalue weighted by molar-refractivity contribution is 7.17. The first-order valence-corrected chi connectivity index (χ1v) is 8.55. The third-order valence-corrected chi connectivity index (χ3v) is 4.74. The number of carbonyl (C=O) groups excluding carboxylic acids is 1. The molecule has 1 fully saturated rings. The van der Waals surface area contributed by atoms with E-state index in [1.807, 2.05) is 9.24 Å². The molecule has 0 aliphatic carbocycles. The number of hydrogen-bond donors (Lipinski definition) is 1. The molecule has 2 aliphatic rings. The van der Waals surface area contributed by atoms with Crippen LogP contribution in [-0.2, 0) is 15.1 Å². The van der Waals surface area contributed by atoms with Gasteiger partial charge >= 0.3 is 0 Å². The third-order valence-electron chi connectivity index (χ3n) is 4.55. The van der Waals surface area contributed by atoms with Crippen LogP contribution in [0, 0.1) is 11.7 Å². The minimum atomic E-state index is -1.24. The van der Waals surface area contributed by atoms with E-state index < -0.39 is 23.2 Å². The van der Waals surface area contributed by atoms with Crippen molar-refractivity contribution in [3.63, 3.8) is 0 Å². The molecule has 4 unspecified atom stereocenters. The molecule has 1 aromatic carbocycles. The molecular weight excluding hydrogens is 351 g/mol. The molecular formula is C16H20F2N3O3P. The average molecular weight is 371 g/mol. The molecule has 0 saturated carbocycles. The Hall–Kier alpha value is -1.79. The quantitative estimate of drug-likeness (QED) is 0.812. The minimum absolute atomic E-state index is 0.00579. The number of rotatable bonds is 4. The van der Waals surface area contributed by atoms with Crippen LogP contribution in [0.15, 0.2) is 23.2 Å². The van der Waals surface area contributed by atoms with Crippen LogP contribution >= 0.6 is 9.24 Å². The lowest BCUT2D eigenvalue weighted by Crippen LogP contribution is -2.58. The number of nitrogens with zero attached hydrogens (tertiary/aromatic N) is 2. The van der Waals surface area contributed by atoms with Crippen LogP contribution < -0.4 is 10.5 Å². The number of ether oxygens (including phenoxy) is 2. The molecule has 4 atom stereocenters. The lowest BCUT2D eigenvalue weighted by molar-refractivity contribution is -0.140. The highest BCUT2D eigenvalue weighted by Crippen LogP contribution is 2.44. The van der Waals surface area contributed by atoms with Gasteiger partial charge in [0.15, 0.2) is 5.96 Å². The topological polar surface area (TPSA) is 77.2 Å². The number of nitrogens with two attached hydrogens (primary N) is 1. The van der Waals surface area contributed by atoms with Crippen LogP contribution in [0.1, 0.15) is 12.0 Å². The molecule has 0 aromatic heterocycles. The summed E-state index contributed by atoms with van der Waals surface area (Å²) in [6.07, 6.45) is 0.405. The van der Waals surface area contributed by atoms with Gasteiger partial charge in [-0.15, -0.1) is 0 Å². The second-order valence-electron chi connectivity index (χ2n) is 6.15. The molecule has 0 spiro atoms. The van der Waals surface area contributed by atoms with Gasteiger partial charge in [-0.1, -0.05) is 9.24 Å². The summed E-state index contributed by atoms with van der Waals surface area (Å²) < 4.78 is 38.5. The van der Waals surface area contributed by atoms with Crippen molar-refractivity contribution in [2.24, 2.45) is 16.6 Å². The summed E-state index contributed by atoms with van der Waals surface area (Å²) in [5, 5.41) is 0. The Bertz CT molecular complexity index is 716. The molecule has 0 bridgehead atoms. The molecule has 2 N–H and O–H groups in total. The number of halogens is 2. The molecule has 2 heterocycles. The van der Waals surface area contributed by atoms with Crippen LogP contribution in [0.4, 0.5) is 8.78 Å². The van der Waals surface area contributed by atoms with Crippen LogP contribution in [0.25, 0.3) is 0 Å². The minimum Gasteiger partial charge on any atom is -0.490 e. The number of aliphatic imine (C=N–C) groups is 1. The van der Waals surface area contributed by atoms with E-state index in [0.29, 0.717) is 18.8 Å². The van der Waals surface area contributed by atoms with E-state index >= 15 is 0 Å². The van der Waals surface area contributed by atoms with E-state index in [-0.39, 0.29) is 30.6 Å². The van der Waals surface area contributed by atoms with Gasteiger partial charge in [0.1, 0.15) is 29.6 Å². The van der Waals surface area contributed by atoms with Crippen molar-refractivity contribution in [1.82, 2.24) is 4.90 Å². The van der Waals surface area contributed by atoms with Crippen LogP contribution in [-0.4, -0.2) is 49.5 Å². The van der Waals surface area contributed by atoms with Gasteiger partial charge in [0.25, 0.3) is 0 Å². The zero-order valence-electron chi connectivity index (χ0n) is 13.7. The summed E-state index contributed by atoms with van der Waals surface area (Å²) in [4.78, 5) is 18.4. The normalized spacial score (nSPS) is 27.5. The summed E-state index contributed by atoms with van der Waals surface area (Å²) in [7, 11) is 3.52. The van der Waals surface area contributed by atoms with Gasteiger partial charge in [0.2, 0.25) is 5.91 Å². The van der Waals surface area contributed by atoms with E-state index in [1.165, 1.54) is 30.1 Å². The maximum absolute atomic E-state index is 14.6. The van der Waals surface area contributed by atoms with Crippen LogP contribution in [0.3, 0.4) is 0 Å². The number of carbonyl (C=O) groups is 1. The number of guanidine groups is 1. The Morgan fingerprint density at radius 3 is 3.08 bits per heavy atom. The first-order valence-electron chi connectivity index (χ1n) is 7.88. The van der Waals surface area contributed by atoms with E-state index in [9.17, 15) is 13.6 Å². The smallest absolute Gasteiger partial charge is 0.235 e. The monoisotopic (exact) mass is 371 g/mol. The lowest BCUT2D eigenvalue weighted by atomic mass is 9.74. The van der Waals surface area contributed by atoms with Crippen molar-refractivity contribution >= 4 is 21.1 Å². The predicted molar refractivity (Wildman–Crippen MR) is 91.5 cm³/mol. The Balaban J connectivity index is 2.08. The predicted octanol–water partition coefficient (Wildman–Crippen LogP) is 1.39. The van der Waals surface area contributed by atoms with Gasteiger partial charge in [-0.05, 0) is 24.6 Å². The fourth-order valence-corrected chi connectivity index (χ4v) is 3.36. The van der Waals surface area contributed by atoms with Gasteiger partial charge in [-0.2, -0.15) is 0 Å². The van der Waals surface area contributed by atoms with E-state index in [1.54, 1.807) is 0 Å². The van der Waals surface area contributed by atoms with Gasteiger partial charge in [0, 0.05) is 19.2 Å². The maximum atomic E-state index is 14.6. The van der Waals surface area contributed by atoms with Crippen molar-refractivity contribution in [1.29, 1.82) is 0 Å². The Kier molecular flexibility index (Phi) is 4.93. The largest absolute Gasteiger partial charge is 0.490 e. The second-order valence-corrected chi connectivity index (χ2v) is 6.88. The summed E-state index contributed by atoms with van der Waals surface area (Å²) >= 11 is 0. The molecule has 3 rings (SSSR count). The Morgan fingerprint density at radius 2 is 2.36 bits per heavy atom. The van der Waals surface area contributed by atoms with Crippen LogP contribution in [0.2, 0.25) is 0 Å². The summed E-state index contributed by atoms with van der Waals surface area (Å²) in [6.45, 7) is 0.235.